The lowest BCUT2D eigenvalue weighted by Crippen LogP contribution is -2.44. The van der Waals surface area contributed by atoms with E-state index in [1.807, 2.05) is 24.3 Å². The Morgan fingerprint density at radius 2 is 2.04 bits per heavy atom. The third-order valence-electron chi connectivity index (χ3n) is 5.02. The second-order valence-electron chi connectivity index (χ2n) is 6.88. The van der Waals surface area contributed by atoms with Gasteiger partial charge in [-0.1, -0.05) is 18.2 Å². The predicted octanol–water partition coefficient (Wildman–Crippen LogP) is 0.989. The highest BCUT2D eigenvalue weighted by Gasteiger charge is 2.26. The number of benzene rings is 1. The summed E-state index contributed by atoms with van der Waals surface area (Å²) in [6.45, 7) is 6.03. The molecule has 2 aliphatic rings. The maximum Gasteiger partial charge on any atom is 0.227 e. The largest absolute Gasteiger partial charge is 0.356 e. The van der Waals surface area contributed by atoms with E-state index in [2.05, 4.69) is 20.9 Å². The van der Waals surface area contributed by atoms with E-state index in [4.69, 9.17) is 0 Å². The molecule has 0 radical (unpaired) electrons. The third kappa shape index (κ3) is 5.28. The average molecular weight is 344 g/mol. The number of carbonyl (C=O) groups is 2. The molecule has 0 aliphatic carbocycles. The zero-order chi connectivity index (χ0) is 17.5. The molecule has 0 saturated carbocycles. The molecule has 2 amide bonds. The topological polar surface area (TPSA) is 73.5 Å². The van der Waals surface area contributed by atoms with E-state index < -0.39 is 0 Å². The number of rotatable bonds is 7. The number of carbonyl (C=O) groups excluding carboxylic acids is 2. The first kappa shape index (κ1) is 17.9. The number of anilines is 1. The van der Waals surface area contributed by atoms with Gasteiger partial charge in [-0.05, 0) is 37.4 Å². The molecule has 0 aromatic heterocycles. The van der Waals surface area contributed by atoms with Crippen LogP contribution in [0.3, 0.4) is 0 Å². The molecule has 25 heavy (non-hydrogen) atoms. The summed E-state index contributed by atoms with van der Waals surface area (Å²) in [5, 5.41) is 9.26. The first-order valence-corrected chi connectivity index (χ1v) is 9.31. The van der Waals surface area contributed by atoms with Crippen molar-refractivity contribution in [3.63, 3.8) is 0 Å². The van der Waals surface area contributed by atoms with Gasteiger partial charge in [-0.25, -0.2) is 0 Å². The van der Waals surface area contributed by atoms with Crippen LogP contribution in [0.2, 0.25) is 0 Å². The van der Waals surface area contributed by atoms with Gasteiger partial charge in [-0.3, -0.25) is 9.59 Å². The highest BCUT2D eigenvalue weighted by Crippen LogP contribution is 2.27. The molecule has 1 unspecified atom stereocenters. The first-order chi connectivity index (χ1) is 12.2. The molecule has 1 atom stereocenters. The normalized spacial score (nSPS) is 20.6. The van der Waals surface area contributed by atoms with Crippen molar-refractivity contribution >= 4 is 17.5 Å². The molecule has 1 aromatic carbocycles. The number of nitrogens with zero attached hydrogens (tertiary/aromatic N) is 1. The Kier molecular flexibility index (Phi) is 6.42. The molecule has 2 heterocycles. The van der Waals surface area contributed by atoms with Crippen LogP contribution in [0.1, 0.15) is 24.8 Å². The maximum atomic E-state index is 12.2. The second-order valence-corrected chi connectivity index (χ2v) is 6.88. The smallest absolute Gasteiger partial charge is 0.227 e. The molecule has 6 heteroatoms. The average Bonchev–Trinajstić information content (AvgIpc) is 2.64. The molecule has 136 valence electrons. The fourth-order valence-electron chi connectivity index (χ4n) is 3.51. The van der Waals surface area contributed by atoms with E-state index >= 15 is 0 Å². The van der Waals surface area contributed by atoms with Gasteiger partial charge in [0.1, 0.15) is 0 Å². The van der Waals surface area contributed by atoms with Crippen LogP contribution in [0, 0.1) is 5.92 Å². The van der Waals surface area contributed by atoms with Gasteiger partial charge in [-0.15, -0.1) is 0 Å². The van der Waals surface area contributed by atoms with Gasteiger partial charge in [-0.2, -0.15) is 0 Å². The minimum atomic E-state index is -0.110. The van der Waals surface area contributed by atoms with E-state index in [-0.39, 0.29) is 17.7 Å². The van der Waals surface area contributed by atoms with Crippen molar-refractivity contribution in [2.75, 3.05) is 44.6 Å². The third-order valence-corrected chi connectivity index (χ3v) is 5.02. The summed E-state index contributed by atoms with van der Waals surface area (Å²) < 4.78 is 0. The number of para-hydroxylation sites is 1. The number of piperazine rings is 1. The van der Waals surface area contributed by atoms with Gasteiger partial charge in [0.05, 0.1) is 0 Å². The summed E-state index contributed by atoms with van der Waals surface area (Å²) in [5.74, 6) is -0.0290. The maximum absolute atomic E-state index is 12.2. The van der Waals surface area contributed by atoms with E-state index in [1.165, 1.54) is 0 Å². The molecule has 3 rings (SSSR count). The lowest BCUT2D eigenvalue weighted by Gasteiger charge is -2.27. The van der Waals surface area contributed by atoms with E-state index in [1.54, 1.807) is 0 Å². The van der Waals surface area contributed by atoms with Crippen molar-refractivity contribution in [2.24, 2.45) is 5.92 Å². The minimum Gasteiger partial charge on any atom is -0.356 e. The molecular formula is C19H28N4O2. The van der Waals surface area contributed by atoms with Gasteiger partial charge in [0.15, 0.2) is 0 Å². The summed E-state index contributed by atoms with van der Waals surface area (Å²) in [5.41, 5.74) is 2.06. The molecule has 3 N–H and O–H groups in total. The number of hydrogen-bond donors (Lipinski definition) is 3. The van der Waals surface area contributed by atoms with Crippen molar-refractivity contribution in [3.05, 3.63) is 29.8 Å². The summed E-state index contributed by atoms with van der Waals surface area (Å²) in [7, 11) is 0. The van der Waals surface area contributed by atoms with Crippen LogP contribution in [-0.2, 0) is 16.0 Å². The number of amides is 2. The summed E-state index contributed by atoms with van der Waals surface area (Å²) in [6, 6.07) is 7.87. The van der Waals surface area contributed by atoms with E-state index in [0.29, 0.717) is 19.4 Å². The molecule has 2 aliphatic heterocycles. The summed E-state index contributed by atoms with van der Waals surface area (Å²) >= 11 is 0. The summed E-state index contributed by atoms with van der Waals surface area (Å²) in [4.78, 5) is 26.6. The van der Waals surface area contributed by atoms with Crippen molar-refractivity contribution in [3.8, 4) is 0 Å². The number of hydrogen-bond acceptors (Lipinski definition) is 4. The van der Waals surface area contributed by atoms with Crippen molar-refractivity contribution in [1.82, 2.24) is 15.5 Å². The lowest BCUT2D eigenvalue weighted by atomic mass is 9.89. The number of nitrogens with one attached hydrogen (secondary N) is 3. The fourth-order valence-corrected chi connectivity index (χ4v) is 3.51. The lowest BCUT2D eigenvalue weighted by molar-refractivity contribution is -0.122. The zero-order valence-corrected chi connectivity index (χ0v) is 14.7. The van der Waals surface area contributed by atoms with Crippen LogP contribution < -0.4 is 16.0 Å². The molecule has 1 aromatic rings. The van der Waals surface area contributed by atoms with Gasteiger partial charge in [0.25, 0.3) is 0 Å². The zero-order valence-electron chi connectivity index (χ0n) is 14.7. The quantitative estimate of drug-likeness (QED) is 0.645. The standard InChI is InChI=1S/C19H28N4O2/c24-18(21-8-3-11-23-12-9-20-10-13-23)7-6-16-14-15-4-1-2-5-17(15)22-19(16)25/h1-2,4-5,16,20H,3,6-14H2,(H,21,24)(H,22,25). The van der Waals surface area contributed by atoms with Crippen LogP contribution in [0.5, 0.6) is 0 Å². The van der Waals surface area contributed by atoms with Crippen molar-refractivity contribution in [1.29, 1.82) is 0 Å². The Bertz CT molecular complexity index is 599. The predicted molar refractivity (Wildman–Crippen MR) is 98.4 cm³/mol. The van der Waals surface area contributed by atoms with E-state index in [9.17, 15) is 9.59 Å². The van der Waals surface area contributed by atoms with Gasteiger partial charge in [0, 0.05) is 50.7 Å². The Balaban J connectivity index is 1.33. The van der Waals surface area contributed by atoms with Gasteiger partial charge in [0.2, 0.25) is 11.8 Å². The van der Waals surface area contributed by atoms with Crippen LogP contribution in [0.25, 0.3) is 0 Å². The minimum absolute atomic E-state index is 0.0326. The van der Waals surface area contributed by atoms with Crippen LogP contribution in [0.15, 0.2) is 24.3 Å². The molecule has 0 spiro atoms. The Morgan fingerprint density at radius 3 is 2.88 bits per heavy atom. The fraction of sp³-hybridized carbons (Fsp3) is 0.579. The van der Waals surface area contributed by atoms with Crippen LogP contribution in [-0.4, -0.2) is 56.0 Å². The Morgan fingerprint density at radius 1 is 1.24 bits per heavy atom. The Labute approximate surface area is 149 Å². The van der Waals surface area contributed by atoms with Gasteiger partial charge < -0.3 is 20.9 Å². The highest BCUT2D eigenvalue weighted by atomic mass is 16.2. The molecule has 6 nitrogen and oxygen atoms in total. The summed E-state index contributed by atoms with van der Waals surface area (Å²) in [6.07, 6.45) is 2.71. The van der Waals surface area contributed by atoms with Crippen LogP contribution in [0.4, 0.5) is 5.69 Å². The SMILES string of the molecule is O=C(CCC1Cc2ccccc2NC1=O)NCCCN1CCNCC1. The molecular weight excluding hydrogens is 316 g/mol. The van der Waals surface area contributed by atoms with E-state index in [0.717, 1.165) is 56.8 Å². The molecule has 1 fully saturated rings. The van der Waals surface area contributed by atoms with Crippen molar-refractivity contribution < 1.29 is 9.59 Å². The number of fused-ring (bicyclic) bond motifs is 1. The van der Waals surface area contributed by atoms with Gasteiger partial charge >= 0.3 is 0 Å². The monoisotopic (exact) mass is 344 g/mol. The molecule has 0 bridgehead atoms. The van der Waals surface area contributed by atoms with Crippen molar-refractivity contribution in [2.45, 2.75) is 25.7 Å². The Hall–Kier alpha value is -1.92. The molecule has 1 saturated heterocycles. The van der Waals surface area contributed by atoms with Crippen LogP contribution >= 0.6 is 0 Å². The first-order valence-electron chi connectivity index (χ1n) is 9.31. The second kappa shape index (κ2) is 8.97. The highest BCUT2D eigenvalue weighted by molar-refractivity contribution is 5.96.